The second-order valence-electron chi connectivity index (χ2n) is 20.7. The van der Waals surface area contributed by atoms with Crippen molar-refractivity contribution in [3.8, 4) is 5.75 Å². The van der Waals surface area contributed by atoms with Crippen LogP contribution in [0.2, 0.25) is 54.4 Å². The van der Waals surface area contributed by atoms with Gasteiger partial charge in [-0.05, 0) is 90.9 Å². The van der Waals surface area contributed by atoms with E-state index >= 15 is 0 Å². The Morgan fingerprint density at radius 3 is 1.56 bits per heavy atom. The SMILES string of the molecule is COc1ccc(CO[C@@H]([C@@H](C)CO)[C@@H](C)CCCC[C@@H](O[Si](C)(C)C(C)(C)C)[C@H](C)[C@@H](O[Si](C)(C)C(C)(C)C)[C@@H](C)CO[Si](C)(C)C(C)(C)C)cc1. The number of ether oxygens (including phenoxy) is 2. The lowest BCUT2D eigenvalue weighted by Gasteiger charge is -2.47. The molecule has 1 aromatic rings. The van der Waals surface area contributed by atoms with E-state index in [1.807, 2.05) is 12.1 Å². The summed E-state index contributed by atoms with van der Waals surface area (Å²) in [7, 11) is -4.40. The first kappa shape index (κ1) is 49.5. The molecule has 1 N–H and O–H groups in total. The largest absolute Gasteiger partial charge is 0.497 e. The molecule has 0 saturated heterocycles. The van der Waals surface area contributed by atoms with Gasteiger partial charge in [-0.2, -0.15) is 0 Å². The summed E-state index contributed by atoms with van der Waals surface area (Å²) in [4.78, 5) is 0. The van der Waals surface area contributed by atoms with E-state index in [0.717, 1.165) is 37.0 Å². The lowest BCUT2D eigenvalue weighted by Crippen LogP contribution is -2.53. The molecule has 0 aliphatic heterocycles. The van der Waals surface area contributed by atoms with Crippen LogP contribution in [0.5, 0.6) is 5.75 Å². The molecule has 9 heteroatoms. The molecule has 0 fully saturated rings. The molecule has 0 aliphatic rings. The molecule has 0 radical (unpaired) electrons. The Labute approximate surface area is 326 Å². The molecule has 7 atom stereocenters. The molecule has 0 amide bonds. The van der Waals surface area contributed by atoms with Gasteiger partial charge in [0.15, 0.2) is 25.0 Å². The number of methoxy groups -OCH3 is 1. The van der Waals surface area contributed by atoms with E-state index in [1.54, 1.807) is 7.11 Å². The highest BCUT2D eigenvalue weighted by molar-refractivity contribution is 6.75. The fourth-order valence-electron chi connectivity index (χ4n) is 5.99. The van der Waals surface area contributed by atoms with Gasteiger partial charge in [-0.15, -0.1) is 0 Å². The van der Waals surface area contributed by atoms with Gasteiger partial charge >= 0.3 is 0 Å². The van der Waals surface area contributed by atoms with Crippen molar-refractivity contribution in [2.75, 3.05) is 20.3 Å². The normalized spacial score (nSPS) is 18.0. The molecule has 306 valence electrons. The van der Waals surface area contributed by atoms with Crippen LogP contribution in [0, 0.1) is 23.7 Å². The maximum absolute atomic E-state index is 10.1. The smallest absolute Gasteiger partial charge is 0.192 e. The topological polar surface area (TPSA) is 66.4 Å². The average molecular weight is 783 g/mol. The fourth-order valence-corrected chi connectivity index (χ4v) is 10.0. The van der Waals surface area contributed by atoms with Gasteiger partial charge in [-0.25, -0.2) is 0 Å². The molecule has 0 heterocycles. The average Bonchev–Trinajstić information content (AvgIpc) is 3.02. The third-order valence-electron chi connectivity index (χ3n) is 13.1. The van der Waals surface area contributed by atoms with Crippen molar-refractivity contribution in [3.05, 3.63) is 29.8 Å². The van der Waals surface area contributed by atoms with Gasteiger partial charge in [-0.1, -0.05) is 115 Å². The van der Waals surface area contributed by atoms with Gasteiger partial charge in [0.1, 0.15) is 5.75 Å². The van der Waals surface area contributed by atoms with Crippen molar-refractivity contribution in [1.29, 1.82) is 0 Å². The molecular formula is C43H86O6Si3. The molecule has 0 bridgehead atoms. The van der Waals surface area contributed by atoms with Crippen molar-refractivity contribution >= 4 is 25.0 Å². The number of unbranched alkanes of at least 4 members (excludes halogenated alkanes) is 1. The van der Waals surface area contributed by atoms with Crippen molar-refractivity contribution in [2.45, 2.75) is 195 Å². The van der Waals surface area contributed by atoms with Gasteiger partial charge < -0.3 is 27.9 Å². The third-order valence-corrected chi connectivity index (χ3v) is 26.6. The van der Waals surface area contributed by atoms with E-state index in [-0.39, 0.29) is 57.8 Å². The molecule has 1 aromatic carbocycles. The van der Waals surface area contributed by atoms with E-state index in [4.69, 9.17) is 22.8 Å². The molecule has 52 heavy (non-hydrogen) atoms. The second-order valence-corrected chi connectivity index (χ2v) is 35.0. The number of hydrogen-bond donors (Lipinski definition) is 1. The number of benzene rings is 1. The van der Waals surface area contributed by atoms with Crippen LogP contribution in [0.15, 0.2) is 24.3 Å². The summed E-state index contributed by atoms with van der Waals surface area (Å²) < 4.78 is 33.5. The van der Waals surface area contributed by atoms with E-state index in [9.17, 15) is 5.11 Å². The zero-order chi connectivity index (χ0) is 40.5. The Kier molecular flexibility index (Phi) is 19.1. The molecule has 0 aromatic heterocycles. The second kappa shape index (κ2) is 20.1. The first-order valence-electron chi connectivity index (χ1n) is 20.4. The van der Waals surface area contributed by atoms with E-state index < -0.39 is 25.0 Å². The van der Waals surface area contributed by atoms with Crippen LogP contribution >= 0.6 is 0 Å². The number of aliphatic hydroxyl groups is 1. The van der Waals surface area contributed by atoms with E-state index in [2.05, 4.69) is 141 Å². The number of rotatable bonds is 22. The summed E-state index contributed by atoms with van der Waals surface area (Å²) >= 11 is 0. The third kappa shape index (κ3) is 14.8. The first-order chi connectivity index (χ1) is 23.5. The van der Waals surface area contributed by atoms with E-state index in [1.165, 1.54) is 0 Å². The van der Waals surface area contributed by atoms with Gasteiger partial charge in [0.2, 0.25) is 0 Å². The fraction of sp³-hybridized carbons (Fsp3) is 0.860. The standard InChI is InChI=1S/C43H86O6Si3/c1-32(39(33(2)29-44)46-31-36-25-27-37(45-14)28-26-36)23-21-22-24-38(48-51(17,18)42(8,9)10)35(4)40(49-52(19,20)43(11,12)13)34(3)30-47-50(15,16)41(5,6)7/h25-28,32-35,38-40,44H,21-24,29-31H2,1-20H3/t32-,33-,34-,35-,38+,39+,40-/m0/s1. The van der Waals surface area contributed by atoms with Crippen LogP contribution in [0.1, 0.15) is 121 Å². The minimum Gasteiger partial charge on any atom is -0.497 e. The lowest BCUT2D eigenvalue weighted by molar-refractivity contribution is -0.0443. The molecular weight excluding hydrogens is 697 g/mol. The maximum atomic E-state index is 10.1. The Balaban J connectivity index is 3.28. The van der Waals surface area contributed by atoms with Gasteiger partial charge in [0.05, 0.1) is 32.0 Å². The van der Waals surface area contributed by atoms with Crippen LogP contribution in [0.3, 0.4) is 0 Å². The highest BCUT2D eigenvalue weighted by Crippen LogP contribution is 2.43. The minimum absolute atomic E-state index is 0.0191. The predicted octanol–water partition coefficient (Wildman–Crippen LogP) is 12.5. The predicted molar refractivity (Wildman–Crippen MR) is 231 cm³/mol. The number of aliphatic hydroxyl groups excluding tert-OH is 1. The van der Waals surface area contributed by atoms with Crippen LogP contribution in [-0.4, -0.2) is 68.7 Å². The lowest BCUT2D eigenvalue weighted by atomic mass is 9.86. The summed E-state index contributed by atoms with van der Waals surface area (Å²) in [5, 5.41) is 10.5. The number of hydrogen-bond acceptors (Lipinski definition) is 6. The maximum Gasteiger partial charge on any atom is 0.192 e. The summed E-state index contributed by atoms with van der Waals surface area (Å²) in [6.45, 7) is 45.8. The molecule has 0 saturated carbocycles. The highest BCUT2D eigenvalue weighted by Gasteiger charge is 2.46. The molecule has 0 aliphatic carbocycles. The first-order valence-corrected chi connectivity index (χ1v) is 29.1. The summed E-state index contributed by atoms with van der Waals surface area (Å²) in [5.74, 6) is 1.68. The van der Waals surface area contributed by atoms with Crippen molar-refractivity contribution in [2.24, 2.45) is 23.7 Å². The zero-order valence-corrected chi connectivity index (χ0v) is 40.8. The monoisotopic (exact) mass is 783 g/mol. The minimum atomic E-state index is -2.09. The van der Waals surface area contributed by atoms with Crippen molar-refractivity contribution in [3.63, 3.8) is 0 Å². The Morgan fingerprint density at radius 2 is 1.10 bits per heavy atom. The summed E-state index contributed by atoms with van der Waals surface area (Å²) in [6.07, 6.45) is 4.33. The Bertz CT molecular complexity index is 1150. The zero-order valence-electron chi connectivity index (χ0n) is 37.8. The highest BCUT2D eigenvalue weighted by atomic mass is 28.4. The van der Waals surface area contributed by atoms with E-state index in [0.29, 0.717) is 19.1 Å². The van der Waals surface area contributed by atoms with Crippen LogP contribution in [0.4, 0.5) is 0 Å². The van der Waals surface area contributed by atoms with Gasteiger partial charge in [0, 0.05) is 31.0 Å². The quantitative estimate of drug-likeness (QED) is 0.0933. The van der Waals surface area contributed by atoms with Crippen LogP contribution in [-0.2, 0) is 24.6 Å². The van der Waals surface area contributed by atoms with Crippen molar-refractivity contribution in [1.82, 2.24) is 0 Å². The molecule has 6 nitrogen and oxygen atoms in total. The Hall–Kier alpha value is -0.529. The molecule has 0 spiro atoms. The Morgan fingerprint density at radius 1 is 0.615 bits per heavy atom. The van der Waals surface area contributed by atoms with Gasteiger partial charge in [0.25, 0.3) is 0 Å². The molecule has 1 rings (SSSR count). The molecule has 0 unspecified atom stereocenters. The van der Waals surface area contributed by atoms with Crippen LogP contribution in [0.25, 0.3) is 0 Å². The summed E-state index contributed by atoms with van der Waals surface area (Å²) in [6, 6.07) is 8.05. The van der Waals surface area contributed by atoms with Crippen LogP contribution < -0.4 is 4.74 Å². The van der Waals surface area contributed by atoms with Crippen molar-refractivity contribution < 1.29 is 27.9 Å². The van der Waals surface area contributed by atoms with Gasteiger partial charge in [-0.3, -0.25) is 0 Å². The summed E-state index contributed by atoms with van der Waals surface area (Å²) in [5.41, 5.74) is 1.11.